The Kier molecular flexibility index (Phi) is 6.79. The normalized spacial score (nSPS) is 13.8. The second kappa shape index (κ2) is 7.26. The molecule has 4 N–H and O–H groups in total. The molecule has 17 heavy (non-hydrogen) atoms. The molecule has 0 heterocycles. The fourth-order valence-corrected chi connectivity index (χ4v) is 2.03. The molecule has 8 heteroatoms. The fraction of sp³-hybridized carbons (Fsp3) is 0.667. The van der Waals surface area contributed by atoms with Crippen molar-refractivity contribution in [1.29, 1.82) is 0 Å². The van der Waals surface area contributed by atoms with E-state index in [0.717, 1.165) is 4.90 Å². The van der Waals surface area contributed by atoms with Crippen LogP contribution in [0.2, 0.25) is 5.32 Å². The Balaban J connectivity index is 4.46. The molecule has 2 unspecified atom stereocenters. The van der Waals surface area contributed by atoms with Gasteiger partial charge < -0.3 is 0 Å². The molecule has 0 aliphatic carbocycles. The number of nitrogens with zero attached hydrogens (tertiary/aromatic N) is 1. The average molecular weight is 311 g/mol. The molecular weight excluding hydrogens is 295 g/mol. The topological polar surface area (TPSA) is 121 Å². The summed E-state index contributed by atoms with van der Waals surface area (Å²) in [5, 5.41) is 17.5. The summed E-state index contributed by atoms with van der Waals surface area (Å²) in [6.45, 7) is 0. The first-order chi connectivity index (χ1) is 7.81. The monoisotopic (exact) mass is 312 g/mol. The van der Waals surface area contributed by atoms with Gasteiger partial charge in [0.05, 0.1) is 0 Å². The van der Waals surface area contributed by atoms with Gasteiger partial charge >= 0.3 is 106 Å². The Hall–Kier alpha value is -1.11. The molecule has 0 fully saturated rings. The van der Waals surface area contributed by atoms with E-state index >= 15 is 0 Å². The van der Waals surface area contributed by atoms with Gasteiger partial charge in [-0.3, -0.25) is 0 Å². The van der Waals surface area contributed by atoms with Crippen LogP contribution in [0.5, 0.6) is 0 Å². The number of amides is 1. The molecule has 1 amide bonds. The number of carboxylic acids is 2. The van der Waals surface area contributed by atoms with Gasteiger partial charge in [-0.2, -0.15) is 0 Å². The molecule has 0 rings (SSSR count). The zero-order valence-corrected chi connectivity index (χ0v) is 11.2. The number of rotatable bonds is 7. The number of aliphatic carboxylic acids is 2. The summed E-state index contributed by atoms with van der Waals surface area (Å²) in [4.78, 5) is 33.9. The van der Waals surface area contributed by atoms with Crippen LogP contribution in [0, 0.1) is 0 Å². The maximum absolute atomic E-state index is 11.7. The molecule has 0 radical (unpaired) electrons. The second-order valence-electron chi connectivity index (χ2n) is 3.52. The fourth-order valence-electron chi connectivity index (χ4n) is 1.18. The van der Waals surface area contributed by atoms with E-state index in [9.17, 15) is 14.4 Å². The van der Waals surface area contributed by atoms with Crippen LogP contribution in [0.3, 0.4) is 0 Å². The molecule has 0 aromatic heterocycles. The molecule has 0 aromatic rings. The first-order valence-corrected chi connectivity index (χ1v) is 6.21. The van der Waals surface area contributed by atoms with E-state index in [1.54, 1.807) is 0 Å². The molecule has 98 valence electrons. The van der Waals surface area contributed by atoms with Crippen LogP contribution in [0.4, 0.5) is 0 Å². The molecule has 0 bridgehead atoms. The summed E-state index contributed by atoms with van der Waals surface area (Å²) in [6.07, 6.45) is -0.232. The second-order valence-corrected chi connectivity index (χ2v) is 4.29. The van der Waals surface area contributed by atoms with Crippen LogP contribution >= 0.6 is 0 Å². The quantitative estimate of drug-likeness (QED) is 0.487. The van der Waals surface area contributed by atoms with Crippen molar-refractivity contribution < 1.29 is 24.6 Å². The number of carbonyl (C=O) groups excluding carboxylic acids is 1. The van der Waals surface area contributed by atoms with Crippen LogP contribution in [-0.4, -0.2) is 68.1 Å². The van der Waals surface area contributed by atoms with Crippen LogP contribution in [0.25, 0.3) is 0 Å². The van der Waals surface area contributed by atoms with E-state index in [1.807, 2.05) is 0 Å². The van der Waals surface area contributed by atoms with Crippen molar-refractivity contribution in [1.82, 2.24) is 4.90 Å². The Morgan fingerprint density at radius 1 is 1.35 bits per heavy atom. The summed E-state index contributed by atoms with van der Waals surface area (Å²) < 4.78 is 0. The third-order valence-corrected chi connectivity index (χ3v) is 2.99. The molecule has 0 aliphatic heterocycles. The van der Waals surface area contributed by atoms with Crippen molar-refractivity contribution in [2.24, 2.45) is 5.73 Å². The average Bonchev–Trinajstić information content (AvgIpc) is 2.24. The van der Waals surface area contributed by atoms with Gasteiger partial charge in [0, 0.05) is 0 Å². The van der Waals surface area contributed by atoms with Gasteiger partial charge in [-0.05, 0) is 0 Å². The molecule has 7 nitrogen and oxygen atoms in total. The molecule has 0 saturated carbocycles. The minimum absolute atomic E-state index is 0.0105. The van der Waals surface area contributed by atoms with Crippen molar-refractivity contribution in [2.45, 2.75) is 30.2 Å². The van der Waals surface area contributed by atoms with Gasteiger partial charge in [0.2, 0.25) is 0 Å². The van der Waals surface area contributed by atoms with Crippen LogP contribution in [0.1, 0.15) is 12.8 Å². The summed E-state index contributed by atoms with van der Waals surface area (Å²) in [5.41, 5.74) is 5.51. The summed E-state index contributed by atoms with van der Waals surface area (Å²) in [6, 6.07) is -1.95. The van der Waals surface area contributed by atoms with Crippen molar-refractivity contribution in [3.63, 3.8) is 0 Å². The van der Waals surface area contributed by atoms with Crippen LogP contribution in [-0.2, 0) is 14.4 Å². The van der Waals surface area contributed by atoms with Crippen molar-refractivity contribution in [3.05, 3.63) is 0 Å². The van der Waals surface area contributed by atoms with Gasteiger partial charge in [0.15, 0.2) is 0 Å². The predicted octanol–water partition coefficient (Wildman–Crippen LogP) is -1.59. The minimum atomic E-state index is -1.12. The zero-order chi connectivity index (χ0) is 13.6. The van der Waals surface area contributed by atoms with Gasteiger partial charge in [0.1, 0.15) is 0 Å². The number of hydrogen-bond acceptors (Lipinski definition) is 4. The standard InChI is InChI=1S/C9H16N2O5Se/c1-11(6(4-17)9(15)16)8(14)5(10)2-3-7(12)13/h5-6,17H,2-4,10H2,1H3,(H,12,13)(H,15,16). The van der Waals surface area contributed by atoms with Gasteiger partial charge in [-0.1, -0.05) is 0 Å². The van der Waals surface area contributed by atoms with Crippen LogP contribution in [0.15, 0.2) is 0 Å². The summed E-state index contributed by atoms with van der Waals surface area (Å²) in [5.74, 6) is -2.73. The number of carbonyl (C=O) groups is 3. The molecule has 2 atom stereocenters. The van der Waals surface area contributed by atoms with Crippen molar-refractivity contribution in [2.75, 3.05) is 7.05 Å². The molecule has 0 saturated heterocycles. The SMILES string of the molecule is CN(C(=O)C(N)CCC(=O)O)C(C[SeH])C(=O)O. The Labute approximate surface area is 107 Å². The Morgan fingerprint density at radius 3 is 2.24 bits per heavy atom. The summed E-state index contributed by atoms with van der Waals surface area (Å²) >= 11 is 2.09. The third-order valence-electron chi connectivity index (χ3n) is 2.26. The van der Waals surface area contributed by atoms with Gasteiger partial charge in [-0.25, -0.2) is 0 Å². The number of likely N-dealkylation sites (N-methyl/N-ethyl adjacent to an activating group) is 1. The maximum atomic E-state index is 11.7. The first kappa shape index (κ1) is 15.9. The number of carboxylic acid groups (broad SMARTS) is 2. The van der Waals surface area contributed by atoms with E-state index in [4.69, 9.17) is 15.9 Å². The van der Waals surface area contributed by atoms with Crippen molar-refractivity contribution in [3.8, 4) is 0 Å². The molecule has 0 spiro atoms. The van der Waals surface area contributed by atoms with Crippen LogP contribution < -0.4 is 5.73 Å². The molecular formula is C9H16N2O5Se. The predicted molar refractivity (Wildman–Crippen MR) is 61.0 cm³/mol. The number of nitrogens with two attached hydrogens (primary N) is 1. The van der Waals surface area contributed by atoms with E-state index < -0.39 is 29.9 Å². The zero-order valence-electron chi connectivity index (χ0n) is 9.37. The third kappa shape index (κ3) is 5.16. The Morgan fingerprint density at radius 2 is 1.88 bits per heavy atom. The van der Waals surface area contributed by atoms with Gasteiger partial charge in [-0.15, -0.1) is 0 Å². The van der Waals surface area contributed by atoms with E-state index in [-0.39, 0.29) is 18.2 Å². The molecule has 0 aliphatic rings. The molecule has 0 aromatic carbocycles. The van der Waals surface area contributed by atoms with E-state index in [0.29, 0.717) is 0 Å². The number of hydrogen-bond donors (Lipinski definition) is 3. The van der Waals surface area contributed by atoms with Crippen molar-refractivity contribution >= 4 is 33.9 Å². The Bertz CT molecular complexity index is 310. The van der Waals surface area contributed by atoms with Gasteiger partial charge in [0.25, 0.3) is 0 Å². The summed E-state index contributed by atoms with van der Waals surface area (Å²) in [7, 11) is 1.34. The van der Waals surface area contributed by atoms with E-state index in [1.165, 1.54) is 7.05 Å². The first-order valence-electron chi connectivity index (χ1n) is 4.89. The van der Waals surface area contributed by atoms with E-state index in [2.05, 4.69) is 16.0 Å².